The van der Waals surface area contributed by atoms with Gasteiger partial charge >= 0.3 is 5.97 Å². The molecule has 0 bridgehead atoms. The molecule has 0 amide bonds. The van der Waals surface area contributed by atoms with Gasteiger partial charge in [0.25, 0.3) is 10.0 Å². The Bertz CT molecular complexity index is 523. The highest BCUT2D eigenvalue weighted by Gasteiger charge is 2.32. The third kappa shape index (κ3) is 2.70. The second-order valence-corrected chi connectivity index (χ2v) is 5.80. The van der Waals surface area contributed by atoms with Crippen LogP contribution in [0.15, 0.2) is 11.2 Å². The van der Waals surface area contributed by atoms with E-state index in [0.717, 1.165) is 4.31 Å². The summed E-state index contributed by atoms with van der Waals surface area (Å²) in [6.07, 6.45) is 1.98. The molecule has 0 aliphatic rings. The minimum Gasteiger partial charge on any atom is -0.480 e. The van der Waals surface area contributed by atoms with E-state index in [1.165, 1.54) is 13.2 Å². The molecule has 0 saturated heterocycles. The van der Waals surface area contributed by atoms with Crippen molar-refractivity contribution in [3.8, 4) is 0 Å². The summed E-state index contributed by atoms with van der Waals surface area (Å²) in [7, 11) is -2.60. The molecule has 0 saturated carbocycles. The molecule has 7 nitrogen and oxygen atoms in total. The van der Waals surface area contributed by atoms with Gasteiger partial charge in [0.15, 0.2) is 5.03 Å². The van der Waals surface area contributed by atoms with Crippen molar-refractivity contribution in [2.75, 3.05) is 7.05 Å². The molecule has 1 aromatic heterocycles. The molecule has 18 heavy (non-hydrogen) atoms. The lowest BCUT2D eigenvalue weighted by Gasteiger charge is -2.22. The molecule has 8 heteroatoms. The summed E-state index contributed by atoms with van der Waals surface area (Å²) < 4.78 is 25.2. The standard InChI is InChI=1S/C10H17N3O4S/c1-4-7(10(14)15)13(3)18(16,17)9-6-11-8(5-2)12-9/h6-7H,4-5H2,1-3H3,(H,11,12)(H,14,15). The van der Waals surface area contributed by atoms with Crippen molar-refractivity contribution in [1.82, 2.24) is 14.3 Å². The summed E-state index contributed by atoms with van der Waals surface area (Å²) in [5, 5.41) is 8.89. The number of aromatic nitrogens is 2. The van der Waals surface area contributed by atoms with Gasteiger partial charge in [-0.1, -0.05) is 13.8 Å². The molecule has 0 aromatic carbocycles. The first-order chi connectivity index (χ1) is 8.34. The molecule has 0 aliphatic carbocycles. The number of rotatable bonds is 6. The Morgan fingerprint density at radius 2 is 2.17 bits per heavy atom. The zero-order valence-corrected chi connectivity index (χ0v) is 11.4. The second kappa shape index (κ2) is 5.49. The summed E-state index contributed by atoms with van der Waals surface area (Å²) in [5.41, 5.74) is 0. The van der Waals surface area contributed by atoms with Crippen LogP contribution in [0, 0.1) is 0 Å². The Labute approximate surface area is 106 Å². The maximum atomic E-state index is 12.2. The highest BCUT2D eigenvalue weighted by Crippen LogP contribution is 2.16. The van der Waals surface area contributed by atoms with Gasteiger partial charge in [0.05, 0.1) is 6.20 Å². The van der Waals surface area contributed by atoms with Gasteiger partial charge in [0.1, 0.15) is 11.9 Å². The topological polar surface area (TPSA) is 103 Å². The van der Waals surface area contributed by atoms with E-state index in [2.05, 4.69) is 9.97 Å². The highest BCUT2D eigenvalue weighted by atomic mass is 32.2. The lowest BCUT2D eigenvalue weighted by Crippen LogP contribution is -2.42. The van der Waals surface area contributed by atoms with Gasteiger partial charge in [-0.3, -0.25) is 4.79 Å². The number of likely N-dealkylation sites (N-methyl/N-ethyl adjacent to an activating group) is 1. The zero-order valence-electron chi connectivity index (χ0n) is 10.5. The first kappa shape index (κ1) is 14.7. The average molecular weight is 275 g/mol. The fourth-order valence-electron chi connectivity index (χ4n) is 1.56. The summed E-state index contributed by atoms with van der Waals surface area (Å²) in [5.74, 6) is -0.621. The molecular formula is C10H17N3O4S. The maximum absolute atomic E-state index is 12.2. The number of aliphatic carboxylic acids is 1. The molecule has 1 heterocycles. The van der Waals surface area contributed by atoms with E-state index in [9.17, 15) is 13.2 Å². The van der Waals surface area contributed by atoms with E-state index in [1.807, 2.05) is 6.92 Å². The van der Waals surface area contributed by atoms with Crippen molar-refractivity contribution in [2.24, 2.45) is 0 Å². The highest BCUT2D eigenvalue weighted by molar-refractivity contribution is 7.89. The van der Waals surface area contributed by atoms with Gasteiger partial charge in [-0.25, -0.2) is 13.4 Å². The number of H-pyrrole nitrogens is 1. The summed E-state index contributed by atoms with van der Waals surface area (Å²) in [6, 6.07) is -1.08. The molecule has 0 radical (unpaired) electrons. The van der Waals surface area contributed by atoms with Crippen LogP contribution >= 0.6 is 0 Å². The first-order valence-corrected chi connectivity index (χ1v) is 7.03. The predicted octanol–water partition coefficient (Wildman–Crippen LogP) is 0.456. The Kier molecular flexibility index (Phi) is 4.47. The van der Waals surface area contributed by atoms with Crippen molar-refractivity contribution in [2.45, 2.75) is 37.8 Å². The number of aromatic amines is 1. The minimum absolute atomic E-state index is 0.0819. The molecule has 0 spiro atoms. The lowest BCUT2D eigenvalue weighted by atomic mass is 10.2. The molecule has 1 atom stereocenters. The quantitative estimate of drug-likeness (QED) is 0.784. The fourth-order valence-corrected chi connectivity index (χ4v) is 2.88. The lowest BCUT2D eigenvalue weighted by molar-refractivity contribution is -0.141. The third-order valence-corrected chi connectivity index (χ3v) is 4.48. The molecule has 102 valence electrons. The van der Waals surface area contributed by atoms with Gasteiger partial charge in [0.2, 0.25) is 0 Å². The van der Waals surface area contributed by atoms with Crippen LogP contribution in [0.5, 0.6) is 0 Å². The summed E-state index contributed by atoms with van der Waals surface area (Å²) in [4.78, 5) is 17.6. The normalized spacial score (nSPS) is 13.8. The van der Waals surface area contributed by atoms with Gasteiger partial charge < -0.3 is 10.1 Å². The van der Waals surface area contributed by atoms with Crippen LogP contribution < -0.4 is 0 Å². The van der Waals surface area contributed by atoms with Crippen molar-refractivity contribution in [1.29, 1.82) is 0 Å². The molecule has 1 rings (SSSR count). The molecule has 1 aromatic rings. The number of nitrogens with zero attached hydrogens (tertiary/aromatic N) is 2. The van der Waals surface area contributed by atoms with Crippen LogP contribution in [0.1, 0.15) is 26.1 Å². The number of nitrogens with one attached hydrogen (secondary N) is 1. The Morgan fingerprint density at radius 1 is 1.56 bits per heavy atom. The summed E-state index contributed by atoms with van der Waals surface area (Å²) in [6.45, 7) is 3.46. The molecule has 0 fully saturated rings. The van der Waals surface area contributed by atoms with E-state index in [1.54, 1.807) is 6.92 Å². The van der Waals surface area contributed by atoms with Gasteiger partial charge in [-0.15, -0.1) is 0 Å². The van der Waals surface area contributed by atoms with E-state index < -0.39 is 22.0 Å². The Hall–Kier alpha value is -1.41. The molecular weight excluding hydrogens is 258 g/mol. The molecule has 2 N–H and O–H groups in total. The fraction of sp³-hybridized carbons (Fsp3) is 0.600. The van der Waals surface area contributed by atoms with Crippen LogP contribution in [-0.2, 0) is 21.2 Å². The van der Waals surface area contributed by atoms with Crippen molar-refractivity contribution < 1.29 is 18.3 Å². The van der Waals surface area contributed by atoms with Crippen molar-refractivity contribution >= 4 is 16.0 Å². The van der Waals surface area contributed by atoms with E-state index in [0.29, 0.717) is 12.2 Å². The third-order valence-electron chi connectivity index (χ3n) is 2.71. The monoisotopic (exact) mass is 275 g/mol. The summed E-state index contributed by atoms with van der Waals surface area (Å²) >= 11 is 0. The Morgan fingerprint density at radius 3 is 2.56 bits per heavy atom. The zero-order chi connectivity index (χ0) is 13.9. The van der Waals surface area contributed by atoms with Crippen LogP contribution in [0.4, 0.5) is 0 Å². The predicted molar refractivity (Wildman–Crippen MR) is 64.6 cm³/mol. The minimum atomic E-state index is -3.85. The number of hydrogen-bond donors (Lipinski definition) is 2. The number of sulfonamides is 1. The number of carboxylic acids is 1. The van der Waals surface area contributed by atoms with Crippen LogP contribution in [0.2, 0.25) is 0 Å². The van der Waals surface area contributed by atoms with E-state index in [-0.39, 0.29) is 11.4 Å². The van der Waals surface area contributed by atoms with Gasteiger partial charge in [0, 0.05) is 13.5 Å². The number of aryl methyl sites for hydroxylation is 1. The number of carbonyl (C=O) groups is 1. The van der Waals surface area contributed by atoms with Crippen LogP contribution in [0.25, 0.3) is 0 Å². The van der Waals surface area contributed by atoms with E-state index in [4.69, 9.17) is 5.11 Å². The van der Waals surface area contributed by atoms with Crippen molar-refractivity contribution in [3.05, 3.63) is 12.0 Å². The number of hydrogen-bond acceptors (Lipinski definition) is 4. The largest absolute Gasteiger partial charge is 0.480 e. The number of imidazole rings is 1. The van der Waals surface area contributed by atoms with Crippen molar-refractivity contribution in [3.63, 3.8) is 0 Å². The average Bonchev–Trinajstić information content (AvgIpc) is 2.78. The molecule has 1 unspecified atom stereocenters. The van der Waals surface area contributed by atoms with Gasteiger partial charge in [-0.05, 0) is 6.42 Å². The van der Waals surface area contributed by atoms with E-state index >= 15 is 0 Å². The SMILES string of the molecule is CCc1ncc(S(=O)(=O)N(C)C(CC)C(=O)O)[nH]1. The maximum Gasteiger partial charge on any atom is 0.321 e. The smallest absolute Gasteiger partial charge is 0.321 e. The van der Waals surface area contributed by atoms with Crippen LogP contribution in [-0.4, -0.2) is 46.9 Å². The number of carboxylic acid groups (broad SMARTS) is 1. The molecule has 0 aliphatic heterocycles. The van der Waals surface area contributed by atoms with Crippen LogP contribution in [0.3, 0.4) is 0 Å². The Balaban J connectivity index is 3.09. The first-order valence-electron chi connectivity index (χ1n) is 5.59. The second-order valence-electron chi connectivity index (χ2n) is 3.83. The van der Waals surface area contributed by atoms with Gasteiger partial charge in [-0.2, -0.15) is 4.31 Å².